The van der Waals surface area contributed by atoms with Crippen molar-refractivity contribution in [1.29, 1.82) is 0 Å². The fourth-order valence-corrected chi connectivity index (χ4v) is 7.22. The second-order valence-corrected chi connectivity index (χ2v) is 12.6. The Kier molecular flexibility index (Phi) is 7.98. The SMILES string of the molecule is O=C(O)c1cc2c3ccccc3n(Cc3ccccc3F)c2c(CCCc2nc(C(=O)O)cc3c4ccccc4n(Cc4ccccc4F)c23)n1. The maximum absolute atomic E-state index is 15.0. The van der Waals surface area contributed by atoms with E-state index in [-0.39, 0.29) is 36.1 Å². The molecule has 0 unspecified atom stereocenters. The Bertz CT molecular complexity index is 2500. The molecule has 0 saturated heterocycles. The first-order chi connectivity index (χ1) is 24.8. The summed E-state index contributed by atoms with van der Waals surface area (Å²) < 4.78 is 33.9. The van der Waals surface area contributed by atoms with Crippen LogP contribution in [0.25, 0.3) is 43.6 Å². The third kappa shape index (κ3) is 5.64. The first-order valence-electron chi connectivity index (χ1n) is 16.5. The number of carboxylic acids is 2. The predicted molar refractivity (Wildman–Crippen MR) is 191 cm³/mol. The number of hydrogen-bond donors (Lipinski definition) is 2. The van der Waals surface area contributed by atoms with E-state index in [2.05, 4.69) is 9.97 Å². The van der Waals surface area contributed by atoms with E-state index in [1.807, 2.05) is 57.7 Å². The third-order valence-corrected chi connectivity index (χ3v) is 9.48. The van der Waals surface area contributed by atoms with Crippen LogP contribution < -0.4 is 0 Å². The lowest BCUT2D eigenvalue weighted by Gasteiger charge is -2.14. The molecule has 0 bridgehead atoms. The lowest BCUT2D eigenvalue weighted by Crippen LogP contribution is -2.10. The molecule has 4 heterocycles. The summed E-state index contributed by atoms with van der Waals surface area (Å²) in [6, 6.07) is 31.4. The molecule has 4 aromatic heterocycles. The largest absolute Gasteiger partial charge is 0.477 e. The van der Waals surface area contributed by atoms with E-state index in [9.17, 15) is 28.6 Å². The summed E-state index contributed by atoms with van der Waals surface area (Å²) >= 11 is 0. The Labute approximate surface area is 289 Å². The Morgan fingerprint density at radius 3 is 1.35 bits per heavy atom. The molecular formula is C41H30F2N4O4. The van der Waals surface area contributed by atoms with Gasteiger partial charge in [0.1, 0.15) is 23.0 Å². The number of aryl methyl sites for hydroxylation is 2. The van der Waals surface area contributed by atoms with Crippen molar-refractivity contribution in [2.45, 2.75) is 32.4 Å². The number of benzene rings is 4. The highest BCUT2D eigenvalue weighted by molar-refractivity contribution is 6.11. The molecule has 0 aliphatic rings. The van der Waals surface area contributed by atoms with Gasteiger partial charge in [-0.2, -0.15) is 0 Å². The van der Waals surface area contributed by atoms with Gasteiger partial charge in [0.05, 0.1) is 35.5 Å². The molecule has 252 valence electrons. The number of fused-ring (bicyclic) bond motifs is 6. The number of nitrogens with zero attached hydrogens (tertiary/aromatic N) is 4. The lowest BCUT2D eigenvalue weighted by atomic mass is 10.0. The van der Waals surface area contributed by atoms with Gasteiger partial charge in [-0.3, -0.25) is 0 Å². The van der Waals surface area contributed by atoms with E-state index in [0.717, 1.165) is 21.8 Å². The maximum atomic E-state index is 15.0. The van der Waals surface area contributed by atoms with Crippen LogP contribution in [0.2, 0.25) is 0 Å². The number of aromatic nitrogens is 4. The summed E-state index contributed by atoms with van der Waals surface area (Å²) in [5, 5.41) is 23.1. The topological polar surface area (TPSA) is 110 Å². The molecule has 0 atom stereocenters. The quantitative estimate of drug-likeness (QED) is 0.150. The van der Waals surface area contributed by atoms with Crippen LogP contribution in [-0.2, 0) is 25.9 Å². The number of pyridine rings is 2. The first-order valence-corrected chi connectivity index (χ1v) is 16.5. The van der Waals surface area contributed by atoms with Crippen LogP contribution in [-0.4, -0.2) is 41.3 Å². The molecule has 10 heteroatoms. The average Bonchev–Trinajstić information content (AvgIpc) is 3.62. The Morgan fingerprint density at radius 1 is 0.549 bits per heavy atom. The van der Waals surface area contributed by atoms with Gasteiger partial charge in [-0.25, -0.2) is 28.3 Å². The minimum Gasteiger partial charge on any atom is -0.477 e. The molecule has 0 aliphatic heterocycles. The van der Waals surface area contributed by atoms with Crippen molar-refractivity contribution in [3.05, 3.63) is 155 Å². The Morgan fingerprint density at radius 2 is 0.941 bits per heavy atom. The average molecular weight is 681 g/mol. The van der Waals surface area contributed by atoms with Gasteiger partial charge in [-0.1, -0.05) is 72.8 Å². The van der Waals surface area contributed by atoms with Gasteiger partial charge < -0.3 is 19.3 Å². The van der Waals surface area contributed by atoms with E-state index >= 15 is 0 Å². The minimum atomic E-state index is -1.17. The maximum Gasteiger partial charge on any atom is 0.354 e. The monoisotopic (exact) mass is 680 g/mol. The first kappa shape index (κ1) is 31.8. The van der Waals surface area contributed by atoms with Gasteiger partial charge in [-0.15, -0.1) is 0 Å². The van der Waals surface area contributed by atoms with Crippen LogP contribution in [0, 0.1) is 11.6 Å². The second-order valence-electron chi connectivity index (χ2n) is 12.6. The van der Waals surface area contributed by atoms with Crippen molar-refractivity contribution < 1.29 is 28.6 Å². The van der Waals surface area contributed by atoms with Gasteiger partial charge in [0.15, 0.2) is 0 Å². The van der Waals surface area contributed by atoms with Crippen molar-refractivity contribution in [1.82, 2.24) is 19.1 Å². The van der Waals surface area contributed by atoms with Gasteiger partial charge in [0.25, 0.3) is 0 Å². The van der Waals surface area contributed by atoms with Crippen LogP contribution in [0.3, 0.4) is 0 Å². The van der Waals surface area contributed by atoms with E-state index in [1.54, 1.807) is 48.5 Å². The van der Waals surface area contributed by atoms with Crippen molar-refractivity contribution in [2.24, 2.45) is 0 Å². The van der Waals surface area contributed by atoms with Crippen LogP contribution in [0.15, 0.2) is 109 Å². The molecular weight excluding hydrogens is 650 g/mol. The number of halogens is 2. The number of carbonyl (C=O) groups is 2. The van der Waals surface area contributed by atoms with Crippen LogP contribution in [0.1, 0.15) is 49.9 Å². The lowest BCUT2D eigenvalue weighted by molar-refractivity contribution is 0.0680. The zero-order valence-electron chi connectivity index (χ0n) is 27.2. The zero-order chi connectivity index (χ0) is 35.2. The van der Waals surface area contributed by atoms with Gasteiger partial charge in [0.2, 0.25) is 0 Å². The molecule has 0 radical (unpaired) electrons. The Hall–Kier alpha value is -6.42. The van der Waals surface area contributed by atoms with E-state index in [1.165, 1.54) is 12.1 Å². The molecule has 0 amide bonds. The van der Waals surface area contributed by atoms with E-state index in [4.69, 9.17) is 0 Å². The van der Waals surface area contributed by atoms with Crippen LogP contribution >= 0.6 is 0 Å². The molecule has 0 spiro atoms. The zero-order valence-corrected chi connectivity index (χ0v) is 27.2. The third-order valence-electron chi connectivity index (χ3n) is 9.48. The van der Waals surface area contributed by atoms with Crippen molar-refractivity contribution >= 4 is 55.6 Å². The summed E-state index contributed by atoms with van der Waals surface area (Å²) in [6.07, 6.45) is 1.07. The molecule has 8 nitrogen and oxygen atoms in total. The number of rotatable bonds is 10. The summed E-state index contributed by atoms with van der Waals surface area (Å²) in [6.45, 7) is 0.410. The molecule has 4 aromatic carbocycles. The van der Waals surface area contributed by atoms with Gasteiger partial charge in [0, 0.05) is 43.7 Å². The van der Waals surface area contributed by atoms with Crippen LogP contribution in [0.4, 0.5) is 8.78 Å². The van der Waals surface area contributed by atoms with Crippen molar-refractivity contribution in [3.8, 4) is 0 Å². The molecule has 2 N–H and O–H groups in total. The molecule has 0 saturated carbocycles. The van der Waals surface area contributed by atoms with E-state index < -0.39 is 11.9 Å². The molecule has 8 rings (SSSR count). The predicted octanol–water partition coefficient (Wildman–Crippen LogP) is 8.64. The summed E-state index contributed by atoms with van der Waals surface area (Å²) in [5.74, 6) is -3.03. The summed E-state index contributed by atoms with van der Waals surface area (Å²) in [5.41, 5.74) is 4.83. The summed E-state index contributed by atoms with van der Waals surface area (Å²) in [7, 11) is 0. The Balaban J connectivity index is 1.26. The smallest absolute Gasteiger partial charge is 0.354 e. The fourth-order valence-electron chi connectivity index (χ4n) is 7.22. The number of carboxylic acid groups (broad SMARTS) is 2. The number of aromatic carboxylic acids is 2. The standard InChI is InChI=1S/C41H30F2N4O4/c42-30-14-5-1-10-24(30)22-46-36-18-7-3-12-26(36)28-20-34(40(48)49)44-32(38(28)46)16-9-17-33-39-29(21-35(45-33)41(50)51)27-13-4-8-19-37(27)47(39)23-25-11-2-6-15-31(25)43/h1-8,10-15,18-21H,9,16-17,22-23H2,(H,48,49)(H,50,51). The molecule has 0 fully saturated rings. The molecule has 8 aromatic rings. The molecule has 51 heavy (non-hydrogen) atoms. The normalized spacial score (nSPS) is 11.6. The van der Waals surface area contributed by atoms with Crippen molar-refractivity contribution in [3.63, 3.8) is 0 Å². The highest BCUT2D eigenvalue weighted by Crippen LogP contribution is 2.35. The summed E-state index contributed by atoms with van der Waals surface area (Å²) in [4.78, 5) is 33.8. The van der Waals surface area contributed by atoms with Gasteiger partial charge >= 0.3 is 11.9 Å². The highest BCUT2D eigenvalue weighted by atomic mass is 19.1. The minimum absolute atomic E-state index is 0.107. The number of hydrogen-bond acceptors (Lipinski definition) is 4. The van der Waals surface area contributed by atoms with Crippen molar-refractivity contribution in [2.75, 3.05) is 0 Å². The number of para-hydroxylation sites is 2. The highest BCUT2D eigenvalue weighted by Gasteiger charge is 2.22. The van der Waals surface area contributed by atoms with E-state index in [0.29, 0.717) is 63.6 Å². The second kappa shape index (κ2) is 12.8. The molecule has 0 aliphatic carbocycles. The fraction of sp³-hybridized carbons (Fsp3) is 0.122. The van der Waals surface area contributed by atoms with Crippen LogP contribution in [0.5, 0.6) is 0 Å². The van der Waals surface area contributed by atoms with Gasteiger partial charge in [-0.05, 0) is 55.7 Å².